The van der Waals surface area contributed by atoms with E-state index in [0.717, 1.165) is 37.8 Å². The molecule has 1 aromatic heterocycles. The number of aryl methyl sites for hydroxylation is 1. The fourth-order valence-corrected chi connectivity index (χ4v) is 3.10. The molecule has 2 aromatic rings. The third-order valence-electron chi connectivity index (χ3n) is 4.48. The van der Waals surface area contributed by atoms with Gasteiger partial charge in [0.1, 0.15) is 18.6 Å². The van der Waals surface area contributed by atoms with Gasteiger partial charge in [-0.1, -0.05) is 18.6 Å². The summed E-state index contributed by atoms with van der Waals surface area (Å²) in [5, 5.41) is 14.1. The van der Waals surface area contributed by atoms with Crippen LogP contribution in [0.4, 0.5) is 19.0 Å². The van der Waals surface area contributed by atoms with Crippen molar-refractivity contribution in [2.45, 2.75) is 44.6 Å². The molecule has 0 bridgehead atoms. The first-order chi connectivity index (χ1) is 13.8. The molecule has 0 radical (unpaired) electrons. The van der Waals surface area contributed by atoms with Crippen molar-refractivity contribution >= 4 is 5.82 Å². The minimum absolute atomic E-state index is 0.0532. The van der Waals surface area contributed by atoms with Crippen LogP contribution in [-0.2, 0) is 13.0 Å². The number of ether oxygens (including phenoxy) is 2. The number of halogens is 3. The lowest BCUT2D eigenvalue weighted by Gasteiger charge is -2.23. The van der Waals surface area contributed by atoms with E-state index in [1.165, 1.54) is 18.3 Å². The quantitative estimate of drug-likeness (QED) is 0.384. The molecule has 1 N–H and O–H groups in total. The van der Waals surface area contributed by atoms with E-state index in [0.29, 0.717) is 13.2 Å². The molecule has 1 aliphatic rings. The number of hydrogen-bond acceptors (Lipinski definition) is 6. The largest absolute Gasteiger partial charge is 0.573 e. The maximum atomic E-state index is 12.1. The Hall–Kier alpha value is -2.82. The SMILES string of the molecule is O=[N+]([O-])c1cn2c(n1)OC[C@@H](NCCCCCc1ccc(OC(F)(F)F)cc1)C2. The molecule has 29 heavy (non-hydrogen) atoms. The molecule has 11 heteroatoms. The number of unbranched alkanes of at least 4 members (excludes halogenated alkanes) is 2. The molecule has 1 atom stereocenters. The van der Waals surface area contributed by atoms with Gasteiger partial charge in [0.05, 0.1) is 6.04 Å². The number of aromatic nitrogens is 2. The monoisotopic (exact) mass is 414 g/mol. The number of nitro groups is 1. The lowest BCUT2D eigenvalue weighted by molar-refractivity contribution is -0.389. The molecule has 0 fully saturated rings. The van der Waals surface area contributed by atoms with Gasteiger partial charge in [-0.2, -0.15) is 0 Å². The zero-order valence-corrected chi connectivity index (χ0v) is 15.5. The molecule has 1 aliphatic heterocycles. The summed E-state index contributed by atoms with van der Waals surface area (Å²) >= 11 is 0. The first-order valence-electron chi connectivity index (χ1n) is 9.22. The number of imidazole rings is 1. The van der Waals surface area contributed by atoms with Crippen molar-refractivity contribution in [2.75, 3.05) is 13.2 Å². The standard InChI is InChI=1S/C18H21F3N4O4/c19-18(20,21)29-15-7-5-13(6-8-15)4-2-1-3-9-22-14-10-24-11-16(25(26)27)23-17(24)28-12-14/h5-8,11,14,22H,1-4,9-10,12H2/t14-/m0/s1. The average molecular weight is 414 g/mol. The van der Waals surface area contributed by atoms with Crippen LogP contribution in [0.2, 0.25) is 0 Å². The van der Waals surface area contributed by atoms with E-state index in [4.69, 9.17) is 4.74 Å². The lowest BCUT2D eigenvalue weighted by atomic mass is 10.1. The molecule has 0 amide bonds. The summed E-state index contributed by atoms with van der Waals surface area (Å²) in [7, 11) is 0. The van der Waals surface area contributed by atoms with Crippen molar-refractivity contribution in [3.05, 3.63) is 46.1 Å². The zero-order chi connectivity index (χ0) is 20.9. The highest BCUT2D eigenvalue weighted by Gasteiger charge is 2.31. The molecule has 8 nitrogen and oxygen atoms in total. The molecule has 0 aliphatic carbocycles. The van der Waals surface area contributed by atoms with Gasteiger partial charge in [0.2, 0.25) is 0 Å². The van der Waals surface area contributed by atoms with Gasteiger partial charge in [0.15, 0.2) is 0 Å². The van der Waals surface area contributed by atoms with E-state index in [1.54, 1.807) is 16.7 Å². The second-order valence-electron chi connectivity index (χ2n) is 6.76. The van der Waals surface area contributed by atoms with Crippen molar-refractivity contribution in [3.8, 4) is 11.8 Å². The topological polar surface area (TPSA) is 91.5 Å². The number of rotatable bonds is 9. The molecule has 2 heterocycles. The van der Waals surface area contributed by atoms with Gasteiger partial charge in [0.25, 0.3) is 0 Å². The molecule has 158 valence electrons. The molecule has 0 unspecified atom stereocenters. The summed E-state index contributed by atoms with van der Waals surface area (Å²) in [6.07, 6.45) is 0.285. The summed E-state index contributed by atoms with van der Waals surface area (Å²) in [5.74, 6) is -0.440. The van der Waals surface area contributed by atoms with Crippen molar-refractivity contribution in [1.82, 2.24) is 14.9 Å². The Morgan fingerprint density at radius 1 is 1.28 bits per heavy atom. The first-order valence-corrected chi connectivity index (χ1v) is 9.22. The fraction of sp³-hybridized carbons (Fsp3) is 0.500. The van der Waals surface area contributed by atoms with Crippen LogP contribution in [0, 0.1) is 10.1 Å². The van der Waals surface area contributed by atoms with Crippen LogP contribution < -0.4 is 14.8 Å². The number of nitrogens with zero attached hydrogens (tertiary/aromatic N) is 3. The highest BCUT2D eigenvalue weighted by molar-refractivity contribution is 5.27. The maximum absolute atomic E-state index is 12.1. The fourth-order valence-electron chi connectivity index (χ4n) is 3.10. The summed E-state index contributed by atoms with van der Waals surface area (Å²) in [6.45, 7) is 1.74. The van der Waals surface area contributed by atoms with Gasteiger partial charge in [-0.05, 0) is 48.4 Å². The van der Waals surface area contributed by atoms with E-state index >= 15 is 0 Å². The van der Waals surface area contributed by atoms with E-state index in [1.807, 2.05) is 0 Å². The first kappa shape index (κ1) is 20.9. The van der Waals surface area contributed by atoms with E-state index in [-0.39, 0.29) is 23.6 Å². The smallest absolute Gasteiger partial charge is 0.444 e. The van der Waals surface area contributed by atoms with Crippen LogP contribution in [0.15, 0.2) is 30.5 Å². The molecule has 0 spiro atoms. The van der Waals surface area contributed by atoms with Crippen LogP contribution in [0.1, 0.15) is 24.8 Å². The predicted molar refractivity (Wildman–Crippen MR) is 96.8 cm³/mol. The maximum Gasteiger partial charge on any atom is 0.573 e. The van der Waals surface area contributed by atoms with Gasteiger partial charge >= 0.3 is 18.2 Å². The van der Waals surface area contributed by atoms with Gasteiger partial charge < -0.3 is 24.9 Å². The highest BCUT2D eigenvalue weighted by Crippen LogP contribution is 2.23. The number of fused-ring (bicyclic) bond motifs is 1. The Balaban J connectivity index is 1.31. The third-order valence-corrected chi connectivity index (χ3v) is 4.48. The molecule has 3 rings (SSSR count). The predicted octanol–water partition coefficient (Wildman–Crippen LogP) is 3.45. The Kier molecular flexibility index (Phi) is 6.57. The number of nitrogens with one attached hydrogen (secondary N) is 1. The van der Waals surface area contributed by atoms with Crippen molar-refractivity contribution in [1.29, 1.82) is 0 Å². The summed E-state index contributed by atoms with van der Waals surface area (Å²) in [5.41, 5.74) is 0.961. The van der Waals surface area contributed by atoms with Crippen LogP contribution in [0.25, 0.3) is 0 Å². The van der Waals surface area contributed by atoms with Crippen molar-refractivity contribution in [2.24, 2.45) is 0 Å². The summed E-state index contributed by atoms with van der Waals surface area (Å²) in [4.78, 5) is 14.0. The van der Waals surface area contributed by atoms with Crippen LogP contribution in [0.3, 0.4) is 0 Å². The molecular weight excluding hydrogens is 393 g/mol. The van der Waals surface area contributed by atoms with Gasteiger partial charge in [-0.15, -0.1) is 13.2 Å². The number of hydrogen-bond donors (Lipinski definition) is 1. The van der Waals surface area contributed by atoms with Crippen LogP contribution in [-0.4, -0.2) is 40.0 Å². The Bertz CT molecular complexity index is 824. The molecule has 0 saturated carbocycles. The Morgan fingerprint density at radius 2 is 2.03 bits per heavy atom. The second kappa shape index (κ2) is 9.12. The summed E-state index contributed by atoms with van der Waals surface area (Å²) < 4.78 is 47.3. The number of benzene rings is 1. The van der Waals surface area contributed by atoms with Crippen LogP contribution in [0.5, 0.6) is 11.8 Å². The number of alkyl halides is 3. The van der Waals surface area contributed by atoms with E-state index in [9.17, 15) is 23.3 Å². The van der Waals surface area contributed by atoms with Gasteiger partial charge in [-0.3, -0.25) is 4.57 Å². The average Bonchev–Trinajstić information content (AvgIpc) is 3.08. The zero-order valence-electron chi connectivity index (χ0n) is 15.5. The van der Waals surface area contributed by atoms with Gasteiger partial charge in [-0.25, -0.2) is 0 Å². The van der Waals surface area contributed by atoms with Crippen molar-refractivity contribution in [3.63, 3.8) is 0 Å². The molecule has 1 aromatic carbocycles. The lowest BCUT2D eigenvalue weighted by Crippen LogP contribution is -2.41. The Labute approximate surface area is 164 Å². The minimum atomic E-state index is -4.67. The van der Waals surface area contributed by atoms with E-state index < -0.39 is 11.3 Å². The normalized spacial score (nSPS) is 16.2. The second-order valence-corrected chi connectivity index (χ2v) is 6.76. The minimum Gasteiger partial charge on any atom is -0.444 e. The Morgan fingerprint density at radius 3 is 2.72 bits per heavy atom. The van der Waals surface area contributed by atoms with Crippen LogP contribution >= 0.6 is 0 Å². The molecular formula is C18H21F3N4O4. The highest BCUT2D eigenvalue weighted by atomic mass is 19.4. The third kappa shape index (κ3) is 6.34. The van der Waals surface area contributed by atoms with Crippen molar-refractivity contribution < 1.29 is 27.6 Å². The molecule has 0 saturated heterocycles. The van der Waals surface area contributed by atoms with Gasteiger partial charge in [0, 0.05) is 11.5 Å². The summed E-state index contributed by atoms with van der Waals surface area (Å²) in [6, 6.07) is 6.24. The van der Waals surface area contributed by atoms with E-state index in [2.05, 4.69) is 15.0 Å².